The molecule has 0 aromatic heterocycles. The van der Waals surface area contributed by atoms with Crippen LogP contribution in [0.3, 0.4) is 0 Å². The van der Waals surface area contributed by atoms with Gasteiger partial charge >= 0.3 is 5.97 Å². The van der Waals surface area contributed by atoms with Crippen LogP contribution in [0.1, 0.15) is 34.1 Å². The van der Waals surface area contributed by atoms with E-state index in [1.54, 1.807) is 0 Å². The van der Waals surface area contributed by atoms with Gasteiger partial charge in [-0.25, -0.2) is 0 Å². The molecule has 0 aliphatic carbocycles. The summed E-state index contributed by atoms with van der Waals surface area (Å²) in [6.45, 7) is 8.19. The van der Waals surface area contributed by atoms with E-state index in [2.05, 4.69) is 0 Å². The second-order valence-electron chi connectivity index (χ2n) is 4.32. The van der Waals surface area contributed by atoms with E-state index in [4.69, 9.17) is 10.5 Å². The number of carbonyl (C=O) groups excluding carboxylic acids is 2. The van der Waals surface area contributed by atoms with Gasteiger partial charge in [0, 0.05) is 12.6 Å². The van der Waals surface area contributed by atoms with E-state index in [0.29, 0.717) is 6.54 Å². The zero-order valence-electron chi connectivity index (χ0n) is 10.5. The molecule has 0 fully saturated rings. The number of primary amides is 1. The van der Waals surface area contributed by atoms with Gasteiger partial charge in [-0.15, -0.1) is 0 Å². The van der Waals surface area contributed by atoms with Crippen molar-refractivity contribution < 1.29 is 14.3 Å². The summed E-state index contributed by atoms with van der Waals surface area (Å²) in [5.74, 6) is -0.629. The second-order valence-corrected chi connectivity index (χ2v) is 4.32. The highest BCUT2D eigenvalue weighted by atomic mass is 16.5. The number of esters is 1. The first kappa shape index (κ1) is 14.9. The van der Waals surface area contributed by atoms with Crippen LogP contribution in [-0.2, 0) is 14.3 Å². The molecular formula is C11H22N2O3. The van der Waals surface area contributed by atoms with Gasteiger partial charge in [-0.1, -0.05) is 0 Å². The number of hydrogen-bond donors (Lipinski definition) is 1. The highest BCUT2D eigenvalue weighted by Crippen LogP contribution is 2.01. The molecule has 5 heteroatoms. The van der Waals surface area contributed by atoms with E-state index in [1.807, 2.05) is 32.6 Å². The Hall–Kier alpha value is -1.10. The van der Waals surface area contributed by atoms with Crippen molar-refractivity contribution in [2.24, 2.45) is 5.73 Å². The topological polar surface area (TPSA) is 72.6 Å². The summed E-state index contributed by atoms with van der Waals surface area (Å²) in [6, 6.07) is 0.180. The molecule has 0 aliphatic rings. The molecular weight excluding hydrogens is 208 g/mol. The van der Waals surface area contributed by atoms with Crippen LogP contribution in [0.5, 0.6) is 0 Å². The third kappa shape index (κ3) is 7.23. The van der Waals surface area contributed by atoms with Crippen LogP contribution < -0.4 is 5.73 Å². The fourth-order valence-corrected chi connectivity index (χ4v) is 1.28. The van der Waals surface area contributed by atoms with Gasteiger partial charge in [-0.05, 0) is 27.7 Å². The molecule has 0 aliphatic heterocycles. The molecule has 16 heavy (non-hydrogen) atoms. The van der Waals surface area contributed by atoms with Crippen LogP contribution in [0, 0.1) is 0 Å². The summed E-state index contributed by atoms with van der Waals surface area (Å²) in [5.41, 5.74) is 5.12. The lowest BCUT2D eigenvalue weighted by Gasteiger charge is -2.24. The van der Waals surface area contributed by atoms with Crippen LogP contribution in [0.2, 0.25) is 0 Å². The number of nitrogens with two attached hydrogens (primary N) is 1. The molecule has 0 heterocycles. The molecule has 0 spiro atoms. The minimum atomic E-state index is -0.383. The van der Waals surface area contributed by atoms with Crippen molar-refractivity contribution in [3.05, 3.63) is 0 Å². The minimum absolute atomic E-state index is 0.101. The summed E-state index contributed by atoms with van der Waals surface area (Å²) < 4.78 is 5.00. The number of rotatable bonds is 7. The normalized spacial score (nSPS) is 11.2. The van der Waals surface area contributed by atoms with Crippen molar-refractivity contribution in [3.8, 4) is 0 Å². The van der Waals surface area contributed by atoms with Crippen LogP contribution in [0.15, 0.2) is 0 Å². The second kappa shape index (κ2) is 7.22. The van der Waals surface area contributed by atoms with Gasteiger partial charge in [-0.2, -0.15) is 0 Å². The largest absolute Gasteiger partial charge is 0.463 e. The lowest BCUT2D eigenvalue weighted by molar-refractivity contribution is -0.148. The molecule has 2 N–H and O–H groups in total. The Morgan fingerprint density at radius 1 is 1.25 bits per heavy atom. The molecule has 0 atom stereocenters. The molecule has 0 aromatic carbocycles. The average Bonchev–Trinajstić information content (AvgIpc) is 2.09. The third-order valence-electron chi connectivity index (χ3n) is 2.06. The Bertz CT molecular complexity index is 239. The number of hydrogen-bond acceptors (Lipinski definition) is 4. The van der Waals surface area contributed by atoms with Gasteiger partial charge in [0.1, 0.15) is 0 Å². The molecule has 0 saturated carbocycles. The molecule has 1 amide bonds. The van der Waals surface area contributed by atoms with Crippen LogP contribution >= 0.6 is 0 Å². The van der Waals surface area contributed by atoms with Crippen molar-refractivity contribution in [1.82, 2.24) is 4.90 Å². The number of amides is 1. The maximum atomic E-state index is 11.3. The Kier molecular flexibility index (Phi) is 6.72. The monoisotopic (exact) mass is 230 g/mol. The first-order valence-electron chi connectivity index (χ1n) is 5.54. The van der Waals surface area contributed by atoms with E-state index in [0.717, 1.165) is 0 Å². The zero-order chi connectivity index (χ0) is 12.7. The molecule has 5 nitrogen and oxygen atoms in total. The van der Waals surface area contributed by atoms with Gasteiger partial charge < -0.3 is 10.5 Å². The fourth-order valence-electron chi connectivity index (χ4n) is 1.28. The molecule has 0 saturated heterocycles. The number of ether oxygens (including phenoxy) is 1. The van der Waals surface area contributed by atoms with Crippen molar-refractivity contribution in [3.63, 3.8) is 0 Å². The Labute approximate surface area is 96.9 Å². The Balaban J connectivity index is 4.02. The maximum Gasteiger partial charge on any atom is 0.307 e. The van der Waals surface area contributed by atoms with Gasteiger partial charge in [0.2, 0.25) is 5.91 Å². The van der Waals surface area contributed by atoms with Gasteiger partial charge in [0.25, 0.3) is 0 Å². The summed E-state index contributed by atoms with van der Waals surface area (Å²) in [5, 5.41) is 0. The van der Waals surface area contributed by atoms with E-state index in [9.17, 15) is 9.59 Å². The van der Waals surface area contributed by atoms with Crippen molar-refractivity contribution in [1.29, 1.82) is 0 Å². The predicted octanol–water partition coefficient (Wildman–Crippen LogP) is 0.524. The smallest absolute Gasteiger partial charge is 0.307 e. The number of carbonyl (C=O) groups is 2. The molecule has 0 radical (unpaired) electrons. The van der Waals surface area contributed by atoms with Crippen molar-refractivity contribution in [2.75, 3.05) is 13.1 Å². The maximum absolute atomic E-state index is 11.3. The van der Waals surface area contributed by atoms with Crippen molar-refractivity contribution in [2.45, 2.75) is 46.3 Å². The van der Waals surface area contributed by atoms with E-state index in [1.165, 1.54) is 0 Å². The fraction of sp³-hybridized carbons (Fsp3) is 0.818. The van der Waals surface area contributed by atoms with Gasteiger partial charge in [0.05, 0.1) is 19.1 Å². The molecule has 94 valence electrons. The molecule has 0 aromatic rings. The Morgan fingerprint density at radius 3 is 2.19 bits per heavy atom. The van der Waals surface area contributed by atoms with E-state index < -0.39 is 0 Å². The quantitative estimate of drug-likeness (QED) is 0.647. The first-order chi connectivity index (χ1) is 7.32. The minimum Gasteiger partial charge on any atom is -0.463 e. The molecule has 0 rings (SSSR count). The van der Waals surface area contributed by atoms with E-state index >= 15 is 0 Å². The summed E-state index contributed by atoms with van der Waals surface area (Å²) in [4.78, 5) is 24.0. The highest BCUT2D eigenvalue weighted by Gasteiger charge is 2.14. The van der Waals surface area contributed by atoms with Crippen LogP contribution in [0.4, 0.5) is 0 Å². The van der Waals surface area contributed by atoms with E-state index in [-0.39, 0.29) is 37.0 Å². The summed E-state index contributed by atoms with van der Waals surface area (Å²) in [7, 11) is 0. The molecule has 0 unspecified atom stereocenters. The summed E-state index contributed by atoms with van der Waals surface area (Å²) >= 11 is 0. The number of nitrogens with zero attached hydrogens (tertiary/aromatic N) is 1. The SMILES string of the molecule is CC(C)OC(=O)CCN(CC(N)=O)C(C)C. The van der Waals surface area contributed by atoms with Gasteiger partial charge in [0.15, 0.2) is 0 Å². The lowest BCUT2D eigenvalue weighted by atomic mass is 10.2. The van der Waals surface area contributed by atoms with Crippen LogP contribution in [-0.4, -0.2) is 42.0 Å². The standard InChI is InChI=1S/C11H22N2O3/c1-8(2)13(7-10(12)14)6-5-11(15)16-9(3)4/h8-9H,5-7H2,1-4H3,(H2,12,14). The van der Waals surface area contributed by atoms with Gasteiger partial charge in [-0.3, -0.25) is 14.5 Å². The average molecular weight is 230 g/mol. The zero-order valence-corrected chi connectivity index (χ0v) is 10.5. The predicted molar refractivity (Wildman–Crippen MR) is 61.7 cm³/mol. The van der Waals surface area contributed by atoms with Crippen LogP contribution in [0.25, 0.3) is 0 Å². The van der Waals surface area contributed by atoms with Crippen molar-refractivity contribution >= 4 is 11.9 Å². The summed E-state index contributed by atoms with van der Waals surface area (Å²) in [6.07, 6.45) is 0.181. The molecule has 0 bridgehead atoms. The third-order valence-corrected chi connectivity index (χ3v) is 2.06. The Morgan fingerprint density at radius 2 is 1.81 bits per heavy atom. The lowest BCUT2D eigenvalue weighted by Crippen LogP contribution is -2.39. The first-order valence-corrected chi connectivity index (χ1v) is 5.54. The highest BCUT2D eigenvalue weighted by molar-refractivity contribution is 5.76.